The largest absolute Gasteiger partial charge is 0.382 e. The minimum atomic E-state index is 0.163. The lowest BCUT2D eigenvalue weighted by Crippen LogP contribution is -2.10. The number of ether oxygens (including phenoxy) is 2. The monoisotopic (exact) mass is 240 g/mol. The van der Waals surface area contributed by atoms with Gasteiger partial charge in [0.25, 0.3) is 0 Å². The van der Waals surface area contributed by atoms with Crippen molar-refractivity contribution >= 4 is 0 Å². The zero-order chi connectivity index (χ0) is 12.5. The Bertz CT molecular complexity index is 299. The Hall–Kier alpha value is -0.840. The predicted molar refractivity (Wildman–Crippen MR) is 69.0 cm³/mol. The lowest BCUT2D eigenvalue weighted by molar-refractivity contribution is 0.0666. The van der Waals surface area contributed by atoms with E-state index in [9.17, 15) is 0 Å². The first-order valence-corrected chi connectivity index (χ1v) is 6.25. The molecule has 4 heteroatoms. The van der Waals surface area contributed by atoms with E-state index in [2.05, 4.69) is 30.0 Å². The van der Waals surface area contributed by atoms with Gasteiger partial charge in [-0.15, -0.1) is 0 Å². The molecule has 0 saturated heterocycles. The van der Waals surface area contributed by atoms with E-state index in [1.807, 2.05) is 0 Å². The normalized spacial score (nSPS) is 12.9. The van der Waals surface area contributed by atoms with Crippen molar-refractivity contribution in [3.05, 3.63) is 24.0 Å². The fraction of sp³-hybridized carbons (Fsp3) is 0.692. The van der Waals surface area contributed by atoms with Crippen LogP contribution in [0.4, 0.5) is 0 Å². The summed E-state index contributed by atoms with van der Waals surface area (Å²) >= 11 is 0. The molecule has 0 aliphatic carbocycles. The van der Waals surface area contributed by atoms with Crippen LogP contribution in [0.1, 0.15) is 31.4 Å². The van der Waals surface area contributed by atoms with Crippen molar-refractivity contribution < 1.29 is 9.47 Å². The van der Waals surface area contributed by atoms with Crippen molar-refractivity contribution in [1.29, 1.82) is 0 Å². The standard InChI is InChI=1S/C13H24N2O2/c1-3-4-13(14)12-5-6-15(11-12)7-8-17-10-9-16-2/h5-6,11,13H,3-4,7-10,14H2,1-2H3. The molecule has 4 nitrogen and oxygen atoms in total. The molecule has 0 fully saturated rings. The SMILES string of the molecule is CCCC(N)c1ccn(CCOCCOC)c1. The second kappa shape index (κ2) is 8.28. The number of nitrogens with zero attached hydrogens (tertiary/aromatic N) is 1. The molecule has 2 N–H and O–H groups in total. The van der Waals surface area contributed by atoms with Gasteiger partial charge in [0.15, 0.2) is 0 Å². The Morgan fingerprint density at radius 2 is 2.18 bits per heavy atom. The molecule has 1 rings (SSSR count). The van der Waals surface area contributed by atoms with Gasteiger partial charge in [-0.25, -0.2) is 0 Å². The molecule has 0 aliphatic rings. The molecule has 0 radical (unpaired) electrons. The molecule has 0 spiro atoms. The third-order valence-electron chi connectivity index (χ3n) is 2.73. The summed E-state index contributed by atoms with van der Waals surface area (Å²) in [5.74, 6) is 0. The van der Waals surface area contributed by atoms with Gasteiger partial charge >= 0.3 is 0 Å². The van der Waals surface area contributed by atoms with Crippen molar-refractivity contribution in [2.24, 2.45) is 5.73 Å². The van der Waals surface area contributed by atoms with Crippen LogP contribution in [0.15, 0.2) is 18.5 Å². The van der Waals surface area contributed by atoms with E-state index in [1.54, 1.807) is 7.11 Å². The lowest BCUT2D eigenvalue weighted by Gasteiger charge is -2.08. The number of aromatic nitrogens is 1. The Labute approximate surface area is 104 Å². The molecule has 0 saturated carbocycles. The number of hydrogen-bond donors (Lipinski definition) is 1. The fourth-order valence-corrected chi connectivity index (χ4v) is 1.71. The highest BCUT2D eigenvalue weighted by molar-refractivity contribution is 5.14. The van der Waals surface area contributed by atoms with Gasteiger partial charge in [-0.1, -0.05) is 13.3 Å². The molecule has 1 atom stereocenters. The summed E-state index contributed by atoms with van der Waals surface area (Å²) in [4.78, 5) is 0. The predicted octanol–water partition coefficient (Wildman–Crippen LogP) is 1.95. The molecule has 0 bridgehead atoms. The van der Waals surface area contributed by atoms with Crippen LogP contribution >= 0.6 is 0 Å². The van der Waals surface area contributed by atoms with Crippen molar-refractivity contribution in [2.75, 3.05) is 26.9 Å². The molecule has 98 valence electrons. The summed E-state index contributed by atoms with van der Waals surface area (Å²) in [5, 5.41) is 0. The van der Waals surface area contributed by atoms with Crippen LogP contribution in [0.5, 0.6) is 0 Å². The summed E-state index contributed by atoms with van der Waals surface area (Å²) < 4.78 is 12.4. The fourth-order valence-electron chi connectivity index (χ4n) is 1.71. The van der Waals surface area contributed by atoms with Gasteiger partial charge in [0.1, 0.15) is 0 Å². The van der Waals surface area contributed by atoms with E-state index in [0.717, 1.165) is 19.4 Å². The number of rotatable bonds is 9. The first-order chi connectivity index (χ1) is 8.27. The maximum Gasteiger partial charge on any atom is 0.0701 e. The highest BCUT2D eigenvalue weighted by Gasteiger charge is 2.05. The quantitative estimate of drug-likeness (QED) is 0.671. The molecule has 1 aromatic rings. The number of hydrogen-bond acceptors (Lipinski definition) is 3. The van der Waals surface area contributed by atoms with Crippen LogP contribution in [-0.4, -0.2) is 31.5 Å². The van der Waals surface area contributed by atoms with Crippen LogP contribution < -0.4 is 5.73 Å². The van der Waals surface area contributed by atoms with Crippen LogP contribution in [0.2, 0.25) is 0 Å². The molecule has 0 aromatic carbocycles. The van der Waals surface area contributed by atoms with E-state index in [1.165, 1.54) is 5.56 Å². The minimum absolute atomic E-state index is 0.163. The van der Waals surface area contributed by atoms with Crippen molar-refractivity contribution in [1.82, 2.24) is 4.57 Å². The summed E-state index contributed by atoms with van der Waals surface area (Å²) in [5.41, 5.74) is 7.26. The molecule has 0 aliphatic heterocycles. The summed E-state index contributed by atoms with van der Waals surface area (Å²) in [6.45, 7) is 5.03. The first kappa shape index (κ1) is 14.2. The van der Waals surface area contributed by atoms with Gasteiger partial charge < -0.3 is 19.8 Å². The van der Waals surface area contributed by atoms with E-state index in [4.69, 9.17) is 15.2 Å². The number of methoxy groups -OCH3 is 1. The van der Waals surface area contributed by atoms with E-state index < -0.39 is 0 Å². The third-order valence-corrected chi connectivity index (χ3v) is 2.73. The molecular formula is C13H24N2O2. The molecule has 0 amide bonds. The molecule has 1 aromatic heterocycles. The number of nitrogens with two attached hydrogens (primary N) is 1. The highest BCUT2D eigenvalue weighted by Crippen LogP contribution is 2.15. The van der Waals surface area contributed by atoms with Gasteiger partial charge in [-0.2, -0.15) is 0 Å². The minimum Gasteiger partial charge on any atom is -0.382 e. The van der Waals surface area contributed by atoms with Gasteiger partial charge in [0, 0.05) is 32.1 Å². The smallest absolute Gasteiger partial charge is 0.0701 e. The van der Waals surface area contributed by atoms with Crippen LogP contribution in [0.3, 0.4) is 0 Å². The van der Waals surface area contributed by atoms with Gasteiger partial charge in [0.2, 0.25) is 0 Å². The van der Waals surface area contributed by atoms with Crippen molar-refractivity contribution in [2.45, 2.75) is 32.4 Å². The maximum absolute atomic E-state index is 6.05. The van der Waals surface area contributed by atoms with Gasteiger partial charge in [-0.3, -0.25) is 0 Å². The summed E-state index contributed by atoms with van der Waals surface area (Å²) in [7, 11) is 1.68. The van der Waals surface area contributed by atoms with Gasteiger partial charge in [-0.05, 0) is 18.1 Å². The first-order valence-electron chi connectivity index (χ1n) is 6.25. The Balaban J connectivity index is 2.25. The zero-order valence-electron chi connectivity index (χ0n) is 10.9. The molecular weight excluding hydrogens is 216 g/mol. The Morgan fingerprint density at radius 3 is 2.88 bits per heavy atom. The second-order valence-electron chi connectivity index (χ2n) is 4.18. The van der Waals surface area contributed by atoms with Crippen molar-refractivity contribution in [3.8, 4) is 0 Å². The van der Waals surface area contributed by atoms with E-state index >= 15 is 0 Å². The topological polar surface area (TPSA) is 49.4 Å². The summed E-state index contributed by atoms with van der Waals surface area (Å²) in [6, 6.07) is 2.26. The zero-order valence-corrected chi connectivity index (χ0v) is 10.9. The summed E-state index contributed by atoms with van der Waals surface area (Å²) in [6.07, 6.45) is 6.32. The third kappa shape index (κ3) is 5.35. The van der Waals surface area contributed by atoms with E-state index in [0.29, 0.717) is 19.8 Å². The van der Waals surface area contributed by atoms with Crippen LogP contribution in [0.25, 0.3) is 0 Å². The maximum atomic E-state index is 6.05. The van der Waals surface area contributed by atoms with Crippen LogP contribution in [0, 0.1) is 0 Å². The lowest BCUT2D eigenvalue weighted by atomic mass is 10.1. The highest BCUT2D eigenvalue weighted by atomic mass is 16.5. The Morgan fingerprint density at radius 1 is 1.35 bits per heavy atom. The molecule has 1 heterocycles. The average Bonchev–Trinajstić information content (AvgIpc) is 2.78. The van der Waals surface area contributed by atoms with E-state index in [-0.39, 0.29) is 6.04 Å². The average molecular weight is 240 g/mol. The van der Waals surface area contributed by atoms with Crippen LogP contribution in [-0.2, 0) is 16.0 Å². The second-order valence-corrected chi connectivity index (χ2v) is 4.18. The van der Waals surface area contributed by atoms with Gasteiger partial charge in [0.05, 0.1) is 19.8 Å². The Kier molecular flexibility index (Phi) is 6.93. The molecule has 17 heavy (non-hydrogen) atoms. The molecule has 1 unspecified atom stereocenters. The van der Waals surface area contributed by atoms with Crippen molar-refractivity contribution in [3.63, 3.8) is 0 Å².